The molecule has 4 rings (SSSR count). The number of methoxy groups -OCH3 is 1. The van der Waals surface area contributed by atoms with Crippen LogP contribution in [0.25, 0.3) is 5.76 Å². The van der Waals surface area contributed by atoms with Crippen molar-refractivity contribution in [3.8, 4) is 5.75 Å². The second-order valence-corrected chi connectivity index (χ2v) is 8.64. The maximum atomic E-state index is 15.0. The Bertz CT molecular complexity index is 1310. The fraction of sp³-hybridized carbons (Fsp3) is 0.214. The molecule has 3 aromatic carbocycles. The highest BCUT2D eigenvalue weighted by Crippen LogP contribution is 2.43. The molecule has 6 heteroatoms. The fourth-order valence-electron chi connectivity index (χ4n) is 4.36. The summed E-state index contributed by atoms with van der Waals surface area (Å²) >= 11 is 0. The van der Waals surface area contributed by atoms with Crippen molar-refractivity contribution < 1.29 is 23.8 Å². The van der Waals surface area contributed by atoms with E-state index in [9.17, 15) is 14.7 Å². The smallest absolute Gasteiger partial charge is 0.300 e. The number of aliphatic hydroxyl groups excluding tert-OH is 1. The largest absolute Gasteiger partial charge is 0.507 e. The van der Waals surface area contributed by atoms with Crippen molar-refractivity contribution in [2.24, 2.45) is 0 Å². The number of carbonyl (C=O) groups excluding carboxylic acids is 2. The highest BCUT2D eigenvalue weighted by Gasteiger charge is 2.47. The van der Waals surface area contributed by atoms with E-state index in [1.165, 1.54) is 23.1 Å². The number of hydrogen-bond donors (Lipinski definition) is 1. The zero-order chi connectivity index (χ0) is 24.6. The summed E-state index contributed by atoms with van der Waals surface area (Å²) in [6, 6.07) is 17.0. The molecule has 1 N–H and O–H groups in total. The fourth-order valence-corrected chi connectivity index (χ4v) is 4.36. The Kier molecular flexibility index (Phi) is 6.24. The summed E-state index contributed by atoms with van der Waals surface area (Å²) in [5, 5.41) is 11.3. The van der Waals surface area contributed by atoms with E-state index in [0.717, 1.165) is 11.1 Å². The van der Waals surface area contributed by atoms with Crippen molar-refractivity contribution in [1.82, 2.24) is 0 Å². The SMILES string of the molecule is COc1ccc(/C(O)=C2\C(=O)C(=O)N(c3cccc(C)c3)C2c2ccccc2F)cc1C(C)C. The van der Waals surface area contributed by atoms with Crippen LogP contribution in [-0.2, 0) is 9.59 Å². The molecule has 0 spiro atoms. The number of Topliss-reactive ketones (excluding diaryl/α,β-unsaturated/α-hetero) is 1. The van der Waals surface area contributed by atoms with Gasteiger partial charge in [0, 0.05) is 16.8 Å². The molecule has 1 saturated heterocycles. The van der Waals surface area contributed by atoms with Crippen molar-refractivity contribution in [1.29, 1.82) is 0 Å². The molecule has 5 nitrogen and oxygen atoms in total. The number of ketones is 1. The van der Waals surface area contributed by atoms with Crippen molar-refractivity contribution in [2.45, 2.75) is 32.7 Å². The van der Waals surface area contributed by atoms with E-state index in [0.29, 0.717) is 17.0 Å². The Morgan fingerprint density at radius 2 is 1.76 bits per heavy atom. The second kappa shape index (κ2) is 9.14. The van der Waals surface area contributed by atoms with Crippen LogP contribution in [0.5, 0.6) is 5.75 Å². The lowest BCUT2D eigenvalue weighted by atomic mass is 9.93. The zero-order valence-corrected chi connectivity index (χ0v) is 19.5. The van der Waals surface area contributed by atoms with Gasteiger partial charge in [-0.2, -0.15) is 0 Å². The monoisotopic (exact) mass is 459 g/mol. The van der Waals surface area contributed by atoms with Gasteiger partial charge in [0.05, 0.1) is 18.7 Å². The minimum absolute atomic E-state index is 0.0831. The van der Waals surface area contributed by atoms with Gasteiger partial charge in [-0.3, -0.25) is 14.5 Å². The van der Waals surface area contributed by atoms with Crippen molar-refractivity contribution >= 4 is 23.1 Å². The molecule has 3 aromatic rings. The maximum Gasteiger partial charge on any atom is 0.300 e. The van der Waals surface area contributed by atoms with Crippen LogP contribution in [0.3, 0.4) is 0 Å². The number of carbonyl (C=O) groups is 2. The summed E-state index contributed by atoms with van der Waals surface area (Å²) in [5.41, 5.74) is 2.49. The minimum atomic E-state index is -1.12. The van der Waals surface area contributed by atoms with E-state index < -0.39 is 23.5 Å². The van der Waals surface area contributed by atoms with E-state index in [2.05, 4.69) is 0 Å². The average Bonchev–Trinajstić information content (AvgIpc) is 3.08. The summed E-state index contributed by atoms with van der Waals surface area (Å²) < 4.78 is 20.4. The quantitative estimate of drug-likeness (QED) is 0.293. The lowest BCUT2D eigenvalue weighted by molar-refractivity contribution is -0.132. The first-order valence-corrected chi connectivity index (χ1v) is 11.0. The van der Waals surface area contributed by atoms with Gasteiger partial charge >= 0.3 is 0 Å². The van der Waals surface area contributed by atoms with Gasteiger partial charge in [-0.15, -0.1) is 0 Å². The molecule has 1 unspecified atom stereocenters. The van der Waals surface area contributed by atoms with Gasteiger partial charge in [0.1, 0.15) is 17.3 Å². The van der Waals surface area contributed by atoms with Crippen molar-refractivity contribution in [3.63, 3.8) is 0 Å². The highest BCUT2D eigenvalue weighted by molar-refractivity contribution is 6.51. The Labute approximate surface area is 198 Å². The molecule has 0 bridgehead atoms. The standard InChI is InChI=1S/C28H26FNO4/c1-16(2)21-15-18(12-13-23(21)34-4)26(31)24-25(20-10-5-6-11-22(20)29)30(28(33)27(24)32)19-9-7-8-17(3)14-19/h5-16,25,31H,1-4H3/b26-24+. The molecule has 0 aliphatic carbocycles. The predicted molar refractivity (Wildman–Crippen MR) is 129 cm³/mol. The van der Waals surface area contributed by atoms with Gasteiger partial charge in [-0.25, -0.2) is 4.39 Å². The van der Waals surface area contributed by atoms with Crippen LogP contribution in [0.4, 0.5) is 10.1 Å². The van der Waals surface area contributed by atoms with Gasteiger partial charge in [-0.05, 0) is 60.4 Å². The van der Waals surface area contributed by atoms with Crippen LogP contribution in [0.2, 0.25) is 0 Å². The third kappa shape index (κ3) is 3.96. The molecule has 174 valence electrons. The summed E-state index contributed by atoms with van der Waals surface area (Å²) in [5.74, 6) is -1.88. The normalized spacial score (nSPS) is 17.5. The van der Waals surface area contributed by atoms with Crippen LogP contribution in [0, 0.1) is 12.7 Å². The number of hydrogen-bond acceptors (Lipinski definition) is 4. The number of halogens is 1. The predicted octanol–water partition coefficient (Wildman–Crippen LogP) is 5.89. The van der Waals surface area contributed by atoms with Crippen molar-refractivity contribution in [3.05, 3.63) is 100 Å². The molecule has 1 atom stereocenters. The molecule has 1 heterocycles. The lowest BCUT2D eigenvalue weighted by Gasteiger charge is -2.26. The first-order valence-electron chi connectivity index (χ1n) is 11.0. The molecule has 1 fully saturated rings. The van der Waals surface area contributed by atoms with E-state index in [4.69, 9.17) is 4.74 Å². The molecule has 0 saturated carbocycles. The van der Waals surface area contributed by atoms with Crippen LogP contribution in [0.15, 0.2) is 72.3 Å². The minimum Gasteiger partial charge on any atom is -0.507 e. The summed E-state index contributed by atoms with van der Waals surface area (Å²) in [6.45, 7) is 5.83. The Morgan fingerprint density at radius 3 is 2.41 bits per heavy atom. The van der Waals surface area contributed by atoms with E-state index in [1.807, 2.05) is 26.8 Å². The summed E-state index contributed by atoms with van der Waals surface area (Å²) in [7, 11) is 1.56. The first kappa shape index (κ1) is 23.2. The highest BCUT2D eigenvalue weighted by atomic mass is 19.1. The maximum absolute atomic E-state index is 15.0. The number of ether oxygens (including phenoxy) is 1. The Balaban J connectivity index is 1.97. The lowest BCUT2D eigenvalue weighted by Crippen LogP contribution is -2.29. The van der Waals surface area contributed by atoms with Gasteiger partial charge in [0.2, 0.25) is 0 Å². The number of amides is 1. The van der Waals surface area contributed by atoms with Crippen LogP contribution >= 0.6 is 0 Å². The number of aryl methyl sites for hydroxylation is 1. The molecular formula is C28H26FNO4. The topological polar surface area (TPSA) is 66.8 Å². The molecule has 34 heavy (non-hydrogen) atoms. The molecule has 1 aliphatic rings. The Morgan fingerprint density at radius 1 is 1.03 bits per heavy atom. The summed E-state index contributed by atoms with van der Waals surface area (Å²) in [6.07, 6.45) is 0. The average molecular weight is 460 g/mol. The molecule has 1 aliphatic heterocycles. The van der Waals surface area contributed by atoms with E-state index >= 15 is 4.39 Å². The Hall–Kier alpha value is -3.93. The molecular weight excluding hydrogens is 433 g/mol. The van der Waals surface area contributed by atoms with Crippen molar-refractivity contribution in [2.75, 3.05) is 12.0 Å². The van der Waals surface area contributed by atoms with E-state index in [1.54, 1.807) is 49.6 Å². The zero-order valence-electron chi connectivity index (χ0n) is 19.5. The number of anilines is 1. The van der Waals surface area contributed by atoms with Crippen LogP contribution in [-0.4, -0.2) is 23.9 Å². The molecule has 1 amide bonds. The number of aliphatic hydroxyl groups is 1. The van der Waals surface area contributed by atoms with Crippen LogP contribution in [0.1, 0.15) is 48.1 Å². The molecule has 0 aromatic heterocycles. The van der Waals surface area contributed by atoms with Gasteiger partial charge in [-0.1, -0.05) is 44.2 Å². The number of nitrogens with zero attached hydrogens (tertiary/aromatic N) is 1. The second-order valence-electron chi connectivity index (χ2n) is 8.64. The summed E-state index contributed by atoms with van der Waals surface area (Å²) in [4.78, 5) is 27.7. The van der Waals surface area contributed by atoms with Gasteiger partial charge in [0.25, 0.3) is 11.7 Å². The van der Waals surface area contributed by atoms with Crippen LogP contribution < -0.4 is 9.64 Å². The van der Waals surface area contributed by atoms with Gasteiger partial charge in [0.15, 0.2) is 0 Å². The molecule has 0 radical (unpaired) electrons. The van der Waals surface area contributed by atoms with E-state index in [-0.39, 0.29) is 22.8 Å². The third-order valence-corrected chi connectivity index (χ3v) is 6.05. The third-order valence-electron chi connectivity index (χ3n) is 6.05. The number of benzene rings is 3. The number of rotatable bonds is 5. The first-order chi connectivity index (χ1) is 16.2. The van der Waals surface area contributed by atoms with Gasteiger partial charge < -0.3 is 9.84 Å².